The highest BCUT2D eigenvalue weighted by atomic mass is 16.7. The Morgan fingerprint density at radius 2 is 1.90 bits per heavy atom. The fraction of sp³-hybridized carbons (Fsp3) is 0.261. The Hall–Kier alpha value is -3.81. The maximum Gasteiger partial charge on any atom is 0.322 e. The van der Waals surface area contributed by atoms with Crippen molar-refractivity contribution in [3.8, 4) is 23.0 Å². The highest BCUT2D eigenvalue weighted by Crippen LogP contribution is 2.40. The van der Waals surface area contributed by atoms with E-state index >= 15 is 0 Å². The minimum absolute atomic E-state index is 0.188. The number of benzene rings is 2. The first kappa shape index (κ1) is 19.2. The zero-order valence-corrected chi connectivity index (χ0v) is 17.3. The van der Waals surface area contributed by atoms with E-state index in [0.717, 1.165) is 11.3 Å². The van der Waals surface area contributed by atoms with Gasteiger partial charge in [-0.15, -0.1) is 0 Å². The number of rotatable bonds is 4. The molecule has 0 fully saturated rings. The highest BCUT2D eigenvalue weighted by molar-refractivity contribution is 5.90. The molecule has 8 nitrogen and oxygen atoms in total. The van der Waals surface area contributed by atoms with Gasteiger partial charge in [0.15, 0.2) is 11.5 Å². The van der Waals surface area contributed by atoms with Crippen molar-refractivity contribution >= 4 is 11.7 Å². The summed E-state index contributed by atoms with van der Waals surface area (Å²) in [6, 6.07) is 14.5. The molecule has 0 aliphatic carbocycles. The smallest absolute Gasteiger partial charge is 0.322 e. The summed E-state index contributed by atoms with van der Waals surface area (Å²) in [7, 11) is 3.25. The Bertz CT molecular complexity index is 1130. The first-order valence-corrected chi connectivity index (χ1v) is 10.0. The summed E-state index contributed by atoms with van der Waals surface area (Å²) < 4.78 is 24.0. The van der Waals surface area contributed by atoms with Gasteiger partial charge in [0.1, 0.15) is 17.5 Å². The number of fused-ring (bicyclic) bond motifs is 2. The van der Waals surface area contributed by atoms with E-state index in [4.69, 9.17) is 18.9 Å². The summed E-state index contributed by atoms with van der Waals surface area (Å²) >= 11 is 0. The summed E-state index contributed by atoms with van der Waals surface area (Å²) in [5.41, 5.74) is 2.52. The number of nitrogens with zero attached hydrogens (tertiary/aromatic N) is 2. The van der Waals surface area contributed by atoms with Crippen LogP contribution in [-0.4, -0.2) is 43.1 Å². The van der Waals surface area contributed by atoms with Crippen LogP contribution in [0.25, 0.3) is 0 Å². The Labute approximate surface area is 179 Å². The second-order valence-corrected chi connectivity index (χ2v) is 7.33. The average Bonchev–Trinajstić information content (AvgIpc) is 3.46. The molecule has 1 atom stereocenters. The predicted octanol–water partition coefficient (Wildman–Crippen LogP) is 3.87. The lowest BCUT2D eigenvalue weighted by Gasteiger charge is -2.37. The van der Waals surface area contributed by atoms with Gasteiger partial charge in [-0.1, -0.05) is 0 Å². The SMILES string of the molecule is COc1ccc(OC)c(C2c3cccn3CCN2C(=O)Nc2ccc3c(c2)OCO3)c1. The third-order valence-corrected chi connectivity index (χ3v) is 5.65. The van der Waals surface area contributed by atoms with Crippen LogP contribution < -0.4 is 24.3 Å². The lowest BCUT2D eigenvalue weighted by atomic mass is 9.98. The third kappa shape index (κ3) is 3.39. The Balaban J connectivity index is 1.51. The molecule has 0 radical (unpaired) electrons. The van der Waals surface area contributed by atoms with Crippen LogP contribution >= 0.6 is 0 Å². The molecule has 2 aliphatic rings. The monoisotopic (exact) mass is 421 g/mol. The number of ether oxygens (including phenoxy) is 4. The minimum Gasteiger partial charge on any atom is -0.497 e. The largest absolute Gasteiger partial charge is 0.497 e. The molecule has 1 unspecified atom stereocenters. The topological polar surface area (TPSA) is 74.2 Å². The summed E-state index contributed by atoms with van der Waals surface area (Å²) in [5, 5.41) is 3.00. The van der Waals surface area contributed by atoms with E-state index in [2.05, 4.69) is 9.88 Å². The molecule has 31 heavy (non-hydrogen) atoms. The number of hydrogen-bond acceptors (Lipinski definition) is 5. The molecule has 0 spiro atoms. The van der Waals surface area contributed by atoms with E-state index in [1.54, 1.807) is 32.4 Å². The molecule has 3 heterocycles. The molecule has 8 heteroatoms. The van der Waals surface area contributed by atoms with Crippen LogP contribution in [0.1, 0.15) is 17.3 Å². The van der Waals surface area contributed by atoms with Gasteiger partial charge in [-0.2, -0.15) is 0 Å². The van der Waals surface area contributed by atoms with Crippen molar-refractivity contribution in [3.63, 3.8) is 0 Å². The van der Waals surface area contributed by atoms with Gasteiger partial charge in [-0.05, 0) is 42.5 Å². The molecular formula is C23H23N3O5. The zero-order valence-electron chi connectivity index (χ0n) is 17.3. The van der Waals surface area contributed by atoms with E-state index in [-0.39, 0.29) is 18.9 Å². The second-order valence-electron chi connectivity index (χ2n) is 7.33. The Morgan fingerprint density at radius 1 is 1.03 bits per heavy atom. The van der Waals surface area contributed by atoms with E-state index in [9.17, 15) is 4.79 Å². The number of hydrogen-bond donors (Lipinski definition) is 1. The highest BCUT2D eigenvalue weighted by Gasteiger charge is 2.34. The predicted molar refractivity (Wildman–Crippen MR) is 114 cm³/mol. The molecule has 1 N–H and O–H groups in total. The quantitative estimate of drug-likeness (QED) is 0.692. The number of carbonyl (C=O) groups is 1. The van der Waals surface area contributed by atoms with Crippen molar-refractivity contribution in [2.75, 3.05) is 32.9 Å². The van der Waals surface area contributed by atoms with Crippen molar-refractivity contribution < 1.29 is 23.7 Å². The maximum atomic E-state index is 13.4. The van der Waals surface area contributed by atoms with Crippen LogP contribution in [0.4, 0.5) is 10.5 Å². The molecule has 0 saturated carbocycles. The van der Waals surface area contributed by atoms with Crippen molar-refractivity contribution in [1.29, 1.82) is 0 Å². The normalized spacial score (nSPS) is 16.6. The van der Waals surface area contributed by atoms with Crippen molar-refractivity contribution in [2.24, 2.45) is 0 Å². The van der Waals surface area contributed by atoms with Gasteiger partial charge in [0.25, 0.3) is 0 Å². The Morgan fingerprint density at radius 3 is 2.74 bits per heavy atom. The molecule has 2 amide bonds. The number of carbonyl (C=O) groups excluding carboxylic acids is 1. The second kappa shape index (κ2) is 7.79. The first-order chi connectivity index (χ1) is 15.2. The van der Waals surface area contributed by atoms with Crippen LogP contribution in [0.15, 0.2) is 54.7 Å². The number of urea groups is 1. The fourth-order valence-corrected chi connectivity index (χ4v) is 4.15. The molecule has 0 saturated heterocycles. The Kier molecular flexibility index (Phi) is 4.82. The van der Waals surface area contributed by atoms with Crippen LogP contribution in [0.5, 0.6) is 23.0 Å². The van der Waals surface area contributed by atoms with Gasteiger partial charge in [0, 0.05) is 42.3 Å². The van der Waals surface area contributed by atoms with E-state index in [1.807, 2.05) is 41.4 Å². The van der Waals surface area contributed by atoms with Crippen LogP contribution in [0, 0.1) is 0 Å². The van der Waals surface area contributed by atoms with Crippen molar-refractivity contribution in [1.82, 2.24) is 9.47 Å². The number of methoxy groups -OCH3 is 2. The van der Waals surface area contributed by atoms with E-state index < -0.39 is 0 Å². The summed E-state index contributed by atoms with van der Waals surface area (Å²) in [6.07, 6.45) is 2.03. The van der Waals surface area contributed by atoms with Gasteiger partial charge in [-0.3, -0.25) is 0 Å². The zero-order chi connectivity index (χ0) is 21.4. The standard InChI is InChI=1S/C23H23N3O5/c1-28-16-6-8-19(29-2)17(13-16)22-18-4-3-9-25(18)10-11-26(22)23(27)24-15-5-7-20-21(12-15)31-14-30-20/h3-9,12-13,22H,10-11,14H2,1-2H3,(H,24,27). The summed E-state index contributed by atoms with van der Waals surface area (Å²) in [5.74, 6) is 2.70. The molecule has 2 aliphatic heterocycles. The summed E-state index contributed by atoms with van der Waals surface area (Å²) in [4.78, 5) is 15.2. The van der Waals surface area contributed by atoms with Gasteiger partial charge in [0.05, 0.1) is 14.2 Å². The van der Waals surface area contributed by atoms with Crippen molar-refractivity contribution in [3.05, 3.63) is 66.0 Å². The maximum absolute atomic E-state index is 13.4. The van der Waals surface area contributed by atoms with Gasteiger partial charge in [0.2, 0.25) is 6.79 Å². The number of nitrogens with one attached hydrogen (secondary N) is 1. The molecule has 1 aromatic heterocycles. The number of amides is 2. The number of anilines is 1. The number of aromatic nitrogens is 1. The third-order valence-electron chi connectivity index (χ3n) is 5.65. The summed E-state index contributed by atoms with van der Waals surface area (Å²) in [6.45, 7) is 1.44. The van der Waals surface area contributed by atoms with E-state index in [0.29, 0.717) is 41.8 Å². The average molecular weight is 421 g/mol. The molecule has 3 aromatic rings. The van der Waals surface area contributed by atoms with Gasteiger partial charge < -0.3 is 33.7 Å². The lowest BCUT2D eigenvalue weighted by Crippen LogP contribution is -2.44. The minimum atomic E-state index is -0.331. The lowest BCUT2D eigenvalue weighted by molar-refractivity contribution is 0.174. The van der Waals surface area contributed by atoms with Gasteiger partial charge >= 0.3 is 6.03 Å². The molecule has 5 rings (SSSR count). The van der Waals surface area contributed by atoms with Crippen LogP contribution in [-0.2, 0) is 6.54 Å². The molecule has 2 aromatic carbocycles. The van der Waals surface area contributed by atoms with Crippen LogP contribution in [0.2, 0.25) is 0 Å². The fourth-order valence-electron chi connectivity index (χ4n) is 4.15. The van der Waals surface area contributed by atoms with Crippen molar-refractivity contribution in [2.45, 2.75) is 12.6 Å². The molecule has 160 valence electrons. The van der Waals surface area contributed by atoms with Crippen LogP contribution in [0.3, 0.4) is 0 Å². The molecule has 0 bridgehead atoms. The first-order valence-electron chi connectivity index (χ1n) is 10.0. The van der Waals surface area contributed by atoms with Gasteiger partial charge in [-0.25, -0.2) is 4.79 Å². The van der Waals surface area contributed by atoms with E-state index in [1.165, 1.54) is 0 Å². The molecular weight excluding hydrogens is 398 g/mol.